The van der Waals surface area contributed by atoms with E-state index in [1.807, 2.05) is 60.7 Å². The maximum Gasteiger partial charge on any atom is 0.262 e. The second-order valence-electron chi connectivity index (χ2n) is 15.1. The summed E-state index contributed by atoms with van der Waals surface area (Å²) in [5.41, 5.74) is 6.60. The van der Waals surface area contributed by atoms with E-state index < -0.39 is 0 Å². The normalized spacial score (nSPS) is 19.0. The van der Waals surface area contributed by atoms with Gasteiger partial charge in [-0.2, -0.15) is 0 Å². The first-order chi connectivity index (χ1) is 25.6. The Kier molecular flexibility index (Phi) is 8.30. The van der Waals surface area contributed by atoms with Gasteiger partial charge in [0.05, 0.1) is 28.4 Å². The van der Waals surface area contributed by atoms with Gasteiger partial charge < -0.3 is 15.4 Å². The summed E-state index contributed by atoms with van der Waals surface area (Å²) in [6, 6.07) is 19.4. The number of carbonyl (C=O) groups is 2. The number of halogens is 2. The minimum Gasteiger partial charge on any atom is -0.481 e. The zero-order valence-electron chi connectivity index (χ0n) is 29.1. The lowest BCUT2D eigenvalue weighted by atomic mass is 9.79. The molecule has 0 unspecified atom stereocenters. The molecule has 3 aromatic heterocycles. The smallest absolute Gasteiger partial charge is 0.262 e. The molecule has 2 aromatic carbocycles. The van der Waals surface area contributed by atoms with E-state index in [0.717, 1.165) is 66.1 Å². The number of likely N-dealkylation sites (tertiary alicyclic amines) is 2. The molecule has 7 heterocycles. The maximum atomic E-state index is 13.5. The Morgan fingerprint density at radius 3 is 1.94 bits per heavy atom. The number of amides is 2. The van der Waals surface area contributed by atoms with Crippen LogP contribution in [0.25, 0.3) is 39.2 Å². The van der Waals surface area contributed by atoms with Crippen LogP contribution in [0.3, 0.4) is 0 Å². The van der Waals surface area contributed by atoms with Crippen LogP contribution in [0.4, 0.5) is 0 Å². The number of ether oxygens (including phenoxy) is 1. The molecule has 53 heavy (non-hydrogen) atoms. The van der Waals surface area contributed by atoms with Crippen molar-refractivity contribution in [3.63, 3.8) is 0 Å². The van der Waals surface area contributed by atoms with Crippen LogP contribution >= 0.6 is 23.2 Å². The molecule has 0 atom stereocenters. The van der Waals surface area contributed by atoms with Crippen molar-refractivity contribution < 1.29 is 14.3 Å². The average Bonchev–Trinajstić information content (AvgIpc) is 3.72. The summed E-state index contributed by atoms with van der Waals surface area (Å²) in [5, 5.41) is 6.92. The second kappa shape index (κ2) is 12.9. The molecule has 0 aliphatic carbocycles. The average molecular weight is 751 g/mol. The number of nitrogens with one attached hydrogen (secondary N) is 2. The topological polar surface area (TPSA) is 121 Å². The molecule has 2 amide bonds. The number of fused-ring (bicyclic) bond motifs is 1. The molecule has 5 aromatic rings. The molecule has 0 bridgehead atoms. The lowest BCUT2D eigenvalue weighted by Gasteiger charge is -2.47. The number of aromatic nitrogens is 3. The van der Waals surface area contributed by atoms with Crippen molar-refractivity contribution in [2.24, 2.45) is 10.8 Å². The molecule has 270 valence electrons. The van der Waals surface area contributed by atoms with Crippen LogP contribution in [0.15, 0.2) is 77.9 Å². The van der Waals surface area contributed by atoms with Crippen molar-refractivity contribution in [2.45, 2.75) is 25.9 Å². The predicted octanol–water partition coefficient (Wildman–Crippen LogP) is 5.05. The van der Waals surface area contributed by atoms with Gasteiger partial charge in [-0.15, -0.1) is 0 Å². The molecule has 4 saturated heterocycles. The van der Waals surface area contributed by atoms with Crippen molar-refractivity contribution in [3.05, 3.63) is 105 Å². The third kappa shape index (κ3) is 6.05. The van der Waals surface area contributed by atoms with Crippen LogP contribution in [-0.4, -0.2) is 82.4 Å². The SMILES string of the molecule is COc1nc(-c2cccc(-c3cccc(-c4ccn5c(=O)c(CN6CC7(CNC(=O)C7)C6)cnc5c4)c3Cl)c2Cl)ccc1CN1CC2(CNC(=O)C2)C1. The Morgan fingerprint density at radius 1 is 0.755 bits per heavy atom. The summed E-state index contributed by atoms with van der Waals surface area (Å²) in [7, 11) is 1.62. The van der Waals surface area contributed by atoms with E-state index in [1.165, 1.54) is 0 Å². The number of methoxy groups -OCH3 is 1. The van der Waals surface area contributed by atoms with Gasteiger partial charge in [0.15, 0.2) is 0 Å². The lowest BCUT2D eigenvalue weighted by molar-refractivity contribution is -0.121. The third-order valence-electron chi connectivity index (χ3n) is 11.2. The van der Waals surface area contributed by atoms with E-state index in [2.05, 4.69) is 25.4 Å². The number of hydrogen-bond acceptors (Lipinski definition) is 8. The molecular formula is C40H37Cl2N7O4. The largest absolute Gasteiger partial charge is 0.481 e. The summed E-state index contributed by atoms with van der Waals surface area (Å²) in [4.78, 5) is 50.9. The highest BCUT2D eigenvalue weighted by molar-refractivity contribution is 6.39. The molecule has 0 saturated carbocycles. The molecule has 13 heteroatoms. The van der Waals surface area contributed by atoms with E-state index in [0.29, 0.717) is 65.3 Å². The lowest BCUT2D eigenvalue weighted by Crippen LogP contribution is -2.57. The summed E-state index contributed by atoms with van der Waals surface area (Å²) in [6.45, 7) is 5.92. The Labute approximate surface area is 315 Å². The monoisotopic (exact) mass is 749 g/mol. The first kappa shape index (κ1) is 34.0. The number of rotatable bonds is 8. The first-order valence-electron chi connectivity index (χ1n) is 17.7. The van der Waals surface area contributed by atoms with Gasteiger partial charge in [-0.25, -0.2) is 9.97 Å². The zero-order valence-corrected chi connectivity index (χ0v) is 30.6. The van der Waals surface area contributed by atoms with Crippen LogP contribution in [0.5, 0.6) is 5.88 Å². The van der Waals surface area contributed by atoms with E-state index in [4.69, 9.17) is 32.9 Å². The first-order valence-corrected chi connectivity index (χ1v) is 18.5. The molecular weight excluding hydrogens is 713 g/mol. The van der Waals surface area contributed by atoms with Crippen LogP contribution in [0, 0.1) is 10.8 Å². The summed E-state index contributed by atoms with van der Waals surface area (Å²) in [5.74, 6) is 0.772. The Morgan fingerprint density at radius 2 is 1.34 bits per heavy atom. The number of pyridine rings is 2. The maximum absolute atomic E-state index is 13.5. The van der Waals surface area contributed by atoms with Crippen LogP contribution in [-0.2, 0) is 22.7 Å². The molecule has 9 rings (SSSR count). The molecule has 2 spiro atoms. The fourth-order valence-electron chi connectivity index (χ4n) is 8.67. The van der Waals surface area contributed by atoms with Gasteiger partial charge in [-0.05, 0) is 23.8 Å². The second-order valence-corrected chi connectivity index (χ2v) is 15.9. The van der Waals surface area contributed by atoms with Crippen LogP contribution in [0.1, 0.15) is 24.0 Å². The van der Waals surface area contributed by atoms with E-state index >= 15 is 0 Å². The molecule has 11 nitrogen and oxygen atoms in total. The van der Waals surface area contributed by atoms with Crippen molar-refractivity contribution in [3.8, 4) is 39.4 Å². The minimum atomic E-state index is -0.113. The highest BCUT2D eigenvalue weighted by Gasteiger charge is 2.49. The molecule has 4 fully saturated rings. The molecule has 4 aliphatic heterocycles. The van der Waals surface area contributed by atoms with E-state index in [9.17, 15) is 14.4 Å². The zero-order chi connectivity index (χ0) is 36.5. The standard InChI is InChI=1S/C40H37Cl2N7O4/c1-53-37-25(16-47-20-39(21-47)13-33(50)44-18-39)8-9-31(46-37)30-7-3-6-29(36(30)42)28-5-2-4-27(35(28)41)24-10-11-49-32(12-24)43-15-26(38(49)52)17-48-22-40(23-48)14-34(51)45-19-40/h2-12,15H,13-14,16-23H2,1H3,(H,44,50)(H,45,51). The molecule has 2 N–H and O–H groups in total. The van der Waals surface area contributed by atoms with Crippen molar-refractivity contribution in [2.75, 3.05) is 46.4 Å². The van der Waals surface area contributed by atoms with Crippen molar-refractivity contribution in [1.29, 1.82) is 0 Å². The van der Waals surface area contributed by atoms with Gasteiger partial charge in [0.25, 0.3) is 5.56 Å². The van der Waals surface area contributed by atoms with Crippen molar-refractivity contribution >= 4 is 40.7 Å². The summed E-state index contributed by atoms with van der Waals surface area (Å²) < 4.78 is 7.30. The number of benzene rings is 2. The highest BCUT2D eigenvalue weighted by atomic mass is 35.5. The van der Waals surface area contributed by atoms with Crippen LogP contribution < -0.4 is 20.9 Å². The fourth-order valence-corrected chi connectivity index (χ4v) is 9.33. The molecule has 4 aliphatic rings. The van der Waals surface area contributed by atoms with Gasteiger partial charge in [-0.3, -0.25) is 28.6 Å². The van der Waals surface area contributed by atoms with Crippen molar-refractivity contribution in [1.82, 2.24) is 34.8 Å². The van der Waals surface area contributed by atoms with E-state index in [1.54, 1.807) is 23.9 Å². The van der Waals surface area contributed by atoms with Gasteiger partial charge in [0.1, 0.15) is 5.65 Å². The summed E-state index contributed by atoms with van der Waals surface area (Å²) >= 11 is 14.3. The Hall–Kier alpha value is -4.81. The summed E-state index contributed by atoms with van der Waals surface area (Å²) in [6.07, 6.45) is 4.53. The number of hydrogen-bond donors (Lipinski definition) is 2. The number of carbonyl (C=O) groups excluding carboxylic acids is 2. The Bertz CT molecular complexity index is 2390. The van der Waals surface area contributed by atoms with Gasteiger partial charge in [0, 0.05) is 116 Å². The number of nitrogens with zero attached hydrogens (tertiary/aromatic N) is 5. The Balaban J connectivity index is 0.948. The van der Waals surface area contributed by atoms with Crippen LogP contribution in [0.2, 0.25) is 10.0 Å². The van der Waals surface area contributed by atoms with Gasteiger partial charge in [0.2, 0.25) is 17.7 Å². The van der Waals surface area contributed by atoms with Gasteiger partial charge in [-0.1, -0.05) is 65.7 Å². The quantitative estimate of drug-likeness (QED) is 0.226. The fraction of sp³-hybridized carbons (Fsp3) is 0.325. The van der Waals surface area contributed by atoms with Gasteiger partial charge >= 0.3 is 0 Å². The molecule has 0 radical (unpaired) electrons. The minimum absolute atomic E-state index is 0.00169. The predicted molar refractivity (Wildman–Crippen MR) is 203 cm³/mol. The highest BCUT2D eigenvalue weighted by Crippen LogP contribution is 2.43. The van der Waals surface area contributed by atoms with E-state index in [-0.39, 0.29) is 28.2 Å². The third-order valence-corrected chi connectivity index (χ3v) is 12.0.